The Balaban J connectivity index is 3.34. The highest BCUT2D eigenvalue weighted by atomic mass is 16.7. The minimum Gasteiger partial charge on any atom is -0.428 e. The molecule has 0 bridgehead atoms. The van der Waals surface area contributed by atoms with E-state index < -0.39 is 12.1 Å². The van der Waals surface area contributed by atoms with Crippen LogP contribution in [-0.2, 0) is 14.3 Å². The monoisotopic (exact) mass is 218 g/mol. The van der Waals surface area contributed by atoms with Gasteiger partial charge in [-0.3, -0.25) is 4.79 Å². The first-order chi connectivity index (χ1) is 7.20. The van der Waals surface area contributed by atoms with E-state index in [4.69, 9.17) is 5.11 Å². The van der Waals surface area contributed by atoms with Crippen molar-refractivity contribution in [3.05, 3.63) is 6.61 Å². The van der Waals surface area contributed by atoms with E-state index in [9.17, 15) is 9.59 Å². The van der Waals surface area contributed by atoms with Crippen molar-refractivity contribution in [1.29, 1.82) is 0 Å². The number of amides is 1. The Hall–Kier alpha value is -1.30. The van der Waals surface area contributed by atoms with Crippen LogP contribution in [0, 0.1) is 6.61 Å². The maximum Gasteiger partial charge on any atom is 0.410 e. The van der Waals surface area contributed by atoms with Gasteiger partial charge in [0.2, 0.25) is 6.79 Å². The second kappa shape index (κ2) is 9.26. The van der Waals surface area contributed by atoms with Gasteiger partial charge in [-0.2, -0.15) is 0 Å². The standard InChI is InChI=1S/C9H16NO5/c1-2-4-8(12)14-7-15-9(13)10-5-3-6-11/h6,11H,2-5,7H2,1H3,(H,10,13). The normalized spacial score (nSPS) is 9.47. The predicted octanol–water partition coefficient (Wildman–Crippen LogP) is 0.938. The summed E-state index contributed by atoms with van der Waals surface area (Å²) in [6, 6.07) is 0. The zero-order chi connectivity index (χ0) is 11.5. The Labute approximate surface area is 88.6 Å². The van der Waals surface area contributed by atoms with Gasteiger partial charge in [0.1, 0.15) is 0 Å². The molecule has 0 unspecified atom stereocenters. The first-order valence-corrected chi connectivity index (χ1v) is 4.72. The van der Waals surface area contributed by atoms with Crippen LogP contribution in [-0.4, -0.2) is 30.5 Å². The maximum absolute atomic E-state index is 10.8. The number of aliphatic hydroxyl groups excluding tert-OH is 1. The minimum absolute atomic E-state index is 0.276. The molecule has 6 nitrogen and oxygen atoms in total. The summed E-state index contributed by atoms with van der Waals surface area (Å²) in [7, 11) is 0. The summed E-state index contributed by atoms with van der Waals surface area (Å²) in [6.45, 7) is 2.67. The molecule has 0 saturated heterocycles. The Kier molecular flexibility index (Phi) is 8.46. The highest BCUT2D eigenvalue weighted by Gasteiger charge is 2.03. The molecule has 87 valence electrons. The van der Waals surface area contributed by atoms with Gasteiger partial charge in [-0.15, -0.1) is 0 Å². The van der Waals surface area contributed by atoms with Crippen LogP contribution < -0.4 is 5.32 Å². The fraction of sp³-hybridized carbons (Fsp3) is 0.667. The molecule has 2 N–H and O–H groups in total. The van der Waals surface area contributed by atoms with E-state index >= 15 is 0 Å². The van der Waals surface area contributed by atoms with E-state index in [-0.39, 0.29) is 13.3 Å². The Morgan fingerprint density at radius 1 is 1.40 bits per heavy atom. The number of esters is 1. The van der Waals surface area contributed by atoms with Crippen molar-refractivity contribution < 1.29 is 24.2 Å². The van der Waals surface area contributed by atoms with E-state index in [1.807, 2.05) is 6.92 Å². The lowest BCUT2D eigenvalue weighted by Gasteiger charge is -2.06. The van der Waals surface area contributed by atoms with Crippen LogP contribution in [0.15, 0.2) is 0 Å². The second-order valence-corrected chi connectivity index (χ2v) is 2.71. The fourth-order valence-electron chi connectivity index (χ4n) is 0.715. The molecule has 0 aromatic carbocycles. The molecule has 1 radical (unpaired) electrons. The Morgan fingerprint density at radius 2 is 2.13 bits per heavy atom. The zero-order valence-electron chi connectivity index (χ0n) is 8.69. The third-order valence-electron chi connectivity index (χ3n) is 1.41. The molecule has 0 fully saturated rings. The van der Waals surface area contributed by atoms with Gasteiger partial charge in [-0.1, -0.05) is 6.92 Å². The number of carbonyl (C=O) groups excluding carboxylic acids is 2. The zero-order valence-corrected chi connectivity index (χ0v) is 8.69. The molecule has 15 heavy (non-hydrogen) atoms. The van der Waals surface area contributed by atoms with Crippen LogP contribution in [0.4, 0.5) is 4.79 Å². The van der Waals surface area contributed by atoms with Gasteiger partial charge in [0.05, 0.1) is 6.61 Å². The average Bonchev–Trinajstić information content (AvgIpc) is 2.18. The number of hydrogen-bond donors (Lipinski definition) is 2. The Bertz CT molecular complexity index is 195. The number of rotatable bonds is 7. The summed E-state index contributed by atoms with van der Waals surface area (Å²) < 4.78 is 9.10. The first kappa shape index (κ1) is 13.7. The third-order valence-corrected chi connectivity index (χ3v) is 1.41. The van der Waals surface area contributed by atoms with Crippen LogP contribution in [0.5, 0.6) is 0 Å². The van der Waals surface area contributed by atoms with Gasteiger partial charge >= 0.3 is 12.1 Å². The lowest BCUT2D eigenvalue weighted by atomic mass is 10.3. The largest absolute Gasteiger partial charge is 0.428 e. The first-order valence-electron chi connectivity index (χ1n) is 4.72. The maximum atomic E-state index is 10.8. The molecule has 0 aromatic rings. The highest BCUT2D eigenvalue weighted by molar-refractivity contribution is 5.70. The number of alkyl carbamates (subject to hydrolysis) is 1. The summed E-state index contributed by atoms with van der Waals surface area (Å²) in [6.07, 6.45) is 0.660. The van der Waals surface area contributed by atoms with Gasteiger partial charge < -0.3 is 19.9 Å². The van der Waals surface area contributed by atoms with Crippen molar-refractivity contribution in [3.8, 4) is 0 Å². The van der Waals surface area contributed by atoms with Gasteiger partial charge in [0.25, 0.3) is 0 Å². The molecule has 0 aliphatic rings. The molecule has 0 aliphatic heterocycles. The van der Waals surface area contributed by atoms with E-state index in [0.717, 1.165) is 6.61 Å². The van der Waals surface area contributed by atoms with E-state index in [0.29, 0.717) is 19.3 Å². The quantitative estimate of drug-likeness (QED) is 0.377. The number of aliphatic hydroxyl groups is 1. The second-order valence-electron chi connectivity index (χ2n) is 2.71. The molecule has 1 amide bonds. The average molecular weight is 218 g/mol. The van der Waals surface area contributed by atoms with E-state index in [1.54, 1.807) is 0 Å². The molecular formula is C9H16NO5. The summed E-state index contributed by atoms with van der Waals surface area (Å²) in [4.78, 5) is 21.6. The highest BCUT2D eigenvalue weighted by Crippen LogP contribution is 1.91. The number of ether oxygens (including phenoxy) is 2. The van der Waals surface area contributed by atoms with Gasteiger partial charge in [-0.05, 0) is 12.8 Å². The van der Waals surface area contributed by atoms with Gasteiger partial charge in [0, 0.05) is 13.0 Å². The molecule has 0 spiro atoms. The van der Waals surface area contributed by atoms with E-state index in [1.165, 1.54) is 0 Å². The molecule has 0 aromatic heterocycles. The van der Waals surface area contributed by atoms with Crippen molar-refractivity contribution >= 4 is 12.1 Å². The molecule has 0 aliphatic carbocycles. The molecule has 0 heterocycles. The summed E-state index contributed by atoms with van der Waals surface area (Å²) in [5.41, 5.74) is 0. The van der Waals surface area contributed by atoms with Gasteiger partial charge in [0.15, 0.2) is 0 Å². The van der Waals surface area contributed by atoms with Crippen molar-refractivity contribution in [2.45, 2.75) is 26.2 Å². The molecule has 0 atom stereocenters. The summed E-state index contributed by atoms with van der Waals surface area (Å²) in [5.74, 6) is -0.394. The lowest BCUT2D eigenvalue weighted by molar-refractivity contribution is -0.151. The van der Waals surface area contributed by atoms with Crippen molar-refractivity contribution in [2.75, 3.05) is 13.3 Å². The van der Waals surface area contributed by atoms with Crippen LogP contribution >= 0.6 is 0 Å². The summed E-state index contributed by atoms with van der Waals surface area (Å²) in [5, 5.41) is 10.6. The number of hydrogen-bond acceptors (Lipinski definition) is 5. The van der Waals surface area contributed by atoms with Gasteiger partial charge in [-0.25, -0.2) is 4.79 Å². The van der Waals surface area contributed by atoms with Crippen LogP contribution in [0.25, 0.3) is 0 Å². The Morgan fingerprint density at radius 3 is 2.73 bits per heavy atom. The molecule has 0 saturated carbocycles. The smallest absolute Gasteiger partial charge is 0.410 e. The summed E-state index contributed by atoms with van der Waals surface area (Å²) >= 11 is 0. The van der Waals surface area contributed by atoms with E-state index in [2.05, 4.69) is 14.8 Å². The molecule has 6 heteroatoms. The predicted molar refractivity (Wildman–Crippen MR) is 51.2 cm³/mol. The van der Waals surface area contributed by atoms with Crippen LogP contribution in [0.3, 0.4) is 0 Å². The number of carbonyl (C=O) groups is 2. The van der Waals surface area contributed by atoms with Crippen molar-refractivity contribution in [1.82, 2.24) is 5.32 Å². The topological polar surface area (TPSA) is 84.9 Å². The minimum atomic E-state index is -0.679. The van der Waals surface area contributed by atoms with Crippen LogP contribution in [0.1, 0.15) is 26.2 Å². The lowest BCUT2D eigenvalue weighted by Crippen LogP contribution is -2.26. The third kappa shape index (κ3) is 9.01. The fourth-order valence-corrected chi connectivity index (χ4v) is 0.715. The molecular weight excluding hydrogens is 202 g/mol. The van der Waals surface area contributed by atoms with Crippen LogP contribution in [0.2, 0.25) is 0 Å². The van der Waals surface area contributed by atoms with Crippen molar-refractivity contribution in [3.63, 3.8) is 0 Å². The number of nitrogens with one attached hydrogen (secondary N) is 1. The SMILES string of the molecule is CCCC(=O)OCOC(=O)NCC[CH]O. The van der Waals surface area contributed by atoms with Crippen molar-refractivity contribution in [2.24, 2.45) is 0 Å². The molecule has 0 rings (SSSR count).